The molecule has 0 saturated heterocycles. The Labute approximate surface area is 138 Å². The van der Waals surface area contributed by atoms with E-state index in [4.69, 9.17) is 5.73 Å². The molecule has 0 aliphatic rings. The number of aryl methyl sites for hydroxylation is 2. The maximum atomic E-state index is 12.2. The molecule has 0 unspecified atom stereocenters. The Morgan fingerprint density at radius 2 is 1.95 bits per heavy atom. The maximum Gasteiger partial charge on any atom is 0.274 e. The predicted octanol–water partition coefficient (Wildman–Crippen LogP) is -1.54. The van der Waals surface area contributed by atoms with E-state index in [1.165, 1.54) is 0 Å². The number of halogens is 1. The Hall–Kier alpha value is -2.21. The molecular weight excluding hydrogens is 344 g/mol. The van der Waals surface area contributed by atoms with Gasteiger partial charge in [-0.3, -0.25) is 10.5 Å². The molecule has 0 saturated carbocycles. The predicted molar refractivity (Wildman–Crippen MR) is 82.0 cm³/mol. The summed E-state index contributed by atoms with van der Waals surface area (Å²) in [6, 6.07) is 9.47. The van der Waals surface area contributed by atoms with Gasteiger partial charge in [-0.15, -0.1) is 0 Å². The first kappa shape index (κ1) is 16.2. The maximum absolute atomic E-state index is 12.2. The average Bonchev–Trinajstić information content (AvgIpc) is 2.44. The number of H-pyrrole nitrogens is 1. The van der Waals surface area contributed by atoms with Crippen LogP contribution in [0, 0.1) is 13.8 Å². The molecule has 3 rings (SSSR count). The van der Waals surface area contributed by atoms with Crippen molar-refractivity contribution in [3.8, 4) is 0 Å². The third kappa shape index (κ3) is 3.01. The van der Waals surface area contributed by atoms with Gasteiger partial charge in [0.25, 0.3) is 11.4 Å². The molecule has 0 aliphatic carbocycles. The minimum Gasteiger partial charge on any atom is -1.00 e. The van der Waals surface area contributed by atoms with Crippen molar-refractivity contribution in [2.75, 3.05) is 5.73 Å². The Kier molecular flexibility index (Phi) is 4.61. The highest BCUT2D eigenvalue weighted by atomic mass is 79.9. The first-order valence-electron chi connectivity index (χ1n) is 6.78. The van der Waals surface area contributed by atoms with E-state index in [1.807, 2.05) is 44.3 Å². The number of aromatic nitrogens is 3. The van der Waals surface area contributed by atoms with Gasteiger partial charge in [-0.1, -0.05) is 6.07 Å². The normalized spacial score (nSPS) is 10.5. The standard InChI is InChI=1S/C16H16N4O.BrH/c1-10-7-12-13(8-11(10)2)19-16(21)14(18-12)9-20-6-4-3-5-15(20)17;/h3-8,17H,9H2,1-2H3,(H,19,21);1H. The van der Waals surface area contributed by atoms with Gasteiger partial charge in [0, 0.05) is 6.07 Å². The van der Waals surface area contributed by atoms with Gasteiger partial charge in [-0.2, -0.15) is 0 Å². The zero-order chi connectivity index (χ0) is 15.0. The molecule has 0 spiro atoms. The molecule has 3 aromatic rings. The monoisotopic (exact) mass is 360 g/mol. The van der Waals surface area contributed by atoms with E-state index in [1.54, 1.807) is 10.6 Å². The average molecular weight is 361 g/mol. The van der Waals surface area contributed by atoms with E-state index in [-0.39, 0.29) is 22.5 Å². The summed E-state index contributed by atoms with van der Waals surface area (Å²) in [7, 11) is 0. The third-order valence-electron chi connectivity index (χ3n) is 3.67. The molecule has 5 nitrogen and oxygen atoms in total. The highest BCUT2D eigenvalue weighted by Gasteiger charge is 2.11. The van der Waals surface area contributed by atoms with Crippen LogP contribution in [0.25, 0.3) is 11.0 Å². The molecule has 0 amide bonds. The number of nitrogens with two attached hydrogens (primary N) is 1. The Morgan fingerprint density at radius 3 is 2.68 bits per heavy atom. The molecule has 6 heteroatoms. The second kappa shape index (κ2) is 6.27. The van der Waals surface area contributed by atoms with Crippen LogP contribution in [0.3, 0.4) is 0 Å². The van der Waals surface area contributed by atoms with Crippen molar-refractivity contribution in [3.63, 3.8) is 0 Å². The van der Waals surface area contributed by atoms with Crippen molar-refractivity contribution in [2.24, 2.45) is 0 Å². The van der Waals surface area contributed by atoms with Crippen molar-refractivity contribution < 1.29 is 21.5 Å². The molecule has 0 atom stereocenters. The highest BCUT2D eigenvalue weighted by molar-refractivity contribution is 5.76. The number of benzene rings is 1. The number of aromatic amines is 1. The zero-order valence-electron chi connectivity index (χ0n) is 12.4. The van der Waals surface area contributed by atoms with Gasteiger partial charge in [0.05, 0.1) is 17.2 Å². The fraction of sp³-hybridized carbons (Fsp3) is 0.188. The number of nitrogen functional groups attached to an aromatic ring is 1. The number of fused-ring (bicyclic) bond motifs is 1. The number of hydrogen-bond acceptors (Lipinski definition) is 3. The Bertz CT molecular complexity index is 889. The largest absolute Gasteiger partial charge is 1.00 e. The summed E-state index contributed by atoms with van der Waals surface area (Å²) < 4.78 is 1.80. The summed E-state index contributed by atoms with van der Waals surface area (Å²) in [5, 5.41) is 0. The SMILES string of the molecule is Cc1cc2nc(C[n+]3ccccc3N)c(=O)[nH]c2cc1C.[Br-]. The van der Waals surface area contributed by atoms with E-state index >= 15 is 0 Å². The van der Waals surface area contributed by atoms with Crippen molar-refractivity contribution in [1.29, 1.82) is 0 Å². The van der Waals surface area contributed by atoms with Gasteiger partial charge in [0.1, 0.15) is 12.2 Å². The quantitative estimate of drug-likeness (QED) is 0.544. The number of rotatable bonds is 2. The topological polar surface area (TPSA) is 75.7 Å². The number of pyridine rings is 1. The summed E-state index contributed by atoms with van der Waals surface area (Å²) in [5.74, 6) is 0.596. The summed E-state index contributed by atoms with van der Waals surface area (Å²) in [6.07, 6.45) is 1.83. The minimum absolute atomic E-state index is 0. The van der Waals surface area contributed by atoms with Gasteiger partial charge < -0.3 is 22.0 Å². The van der Waals surface area contributed by atoms with Crippen LogP contribution in [0.2, 0.25) is 0 Å². The van der Waals surface area contributed by atoms with Crippen molar-refractivity contribution >= 4 is 16.9 Å². The number of nitrogens with one attached hydrogen (secondary N) is 1. The van der Waals surface area contributed by atoms with E-state index in [9.17, 15) is 4.79 Å². The third-order valence-corrected chi connectivity index (χ3v) is 3.67. The molecule has 1 aromatic carbocycles. The van der Waals surface area contributed by atoms with Crippen molar-refractivity contribution in [1.82, 2.24) is 9.97 Å². The van der Waals surface area contributed by atoms with Crippen LogP contribution in [0.4, 0.5) is 5.82 Å². The molecule has 2 aromatic heterocycles. The molecule has 3 N–H and O–H groups in total. The molecule has 0 aliphatic heterocycles. The smallest absolute Gasteiger partial charge is 0.274 e. The van der Waals surface area contributed by atoms with Crippen LogP contribution in [0.5, 0.6) is 0 Å². The highest BCUT2D eigenvalue weighted by Crippen LogP contribution is 2.14. The van der Waals surface area contributed by atoms with Gasteiger partial charge in [-0.25, -0.2) is 9.55 Å². The lowest BCUT2D eigenvalue weighted by Gasteiger charge is -2.06. The summed E-state index contributed by atoms with van der Waals surface area (Å²) in [4.78, 5) is 19.6. The van der Waals surface area contributed by atoms with E-state index < -0.39 is 0 Å². The molecular formula is C16H17BrN4O. The van der Waals surface area contributed by atoms with Crippen LogP contribution in [-0.4, -0.2) is 9.97 Å². The van der Waals surface area contributed by atoms with E-state index in [0.717, 1.165) is 22.2 Å². The molecule has 2 heterocycles. The number of hydrogen-bond donors (Lipinski definition) is 2. The molecule has 0 radical (unpaired) electrons. The lowest BCUT2D eigenvalue weighted by molar-refractivity contribution is -0.674. The lowest BCUT2D eigenvalue weighted by Crippen LogP contribution is -3.00. The molecule has 22 heavy (non-hydrogen) atoms. The van der Waals surface area contributed by atoms with Crippen LogP contribution >= 0.6 is 0 Å². The number of anilines is 1. The summed E-state index contributed by atoms with van der Waals surface area (Å²) in [6.45, 7) is 4.40. The molecule has 114 valence electrons. The van der Waals surface area contributed by atoms with Crippen molar-refractivity contribution in [3.05, 3.63) is 63.7 Å². The molecule has 0 fully saturated rings. The van der Waals surface area contributed by atoms with Crippen LogP contribution in [-0.2, 0) is 6.54 Å². The minimum atomic E-state index is -0.179. The Morgan fingerprint density at radius 1 is 1.23 bits per heavy atom. The zero-order valence-corrected chi connectivity index (χ0v) is 14.0. The van der Waals surface area contributed by atoms with Crippen LogP contribution < -0.4 is 32.8 Å². The second-order valence-electron chi connectivity index (χ2n) is 5.22. The van der Waals surface area contributed by atoms with Gasteiger partial charge >= 0.3 is 0 Å². The fourth-order valence-electron chi connectivity index (χ4n) is 2.29. The van der Waals surface area contributed by atoms with E-state index in [0.29, 0.717) is 18.1 Å². The Balaban J connectivity index is 0.00000176. The van der Waals surface area contributed by atoms with Crippen molar-refractivity contribution in [2.45, 2.75) is 20.4 Å². The van der Waals surface area contributed by atoms with Crippen LogP contribution in [0.15, 0.2) is 41.3 Å². The van der Waals surface area contributed by atoms with Gasteiger partial charge in [0.15, 0.2) is 0 Å². The number of nitrogens with zero attached hydrogens (tertiary/aromatic N) is 2. The first-order chi connectivity index (χ1) is 10.0. The summed E-state index contributed by atoms with van der Waals surface area (Å²) in [5.41, 5.74) is 10.0. The van der Waals surface area contributed by atoms with Gasteiger partial charge in [0.2, 0.25) is 0 Å². The second-order valence-corrected chi connectivity index (χ2v) is 5.22. The van der Waals surface area contributed by atoms with Gasteiger partial charge in [-0.05, 0) is 43.2 Å². The first-order valence-corrected chi connectivity index (χ1v) is 6.78. The molecule has 0 bridgehead atoms. The van der Waals surface area contributed by atoms with E-state index in [2.05, 4.69) is 9.97 Å². The fourth-order valence-corrected chi connectivity index (χ4v) is 2.29. The lowest BCUT2D eigenvalue weighted by atomic mass is 10.1. The van der Waals surface area contributed by atoms with Crippen LogP contribution in [0.1, 0.15) is 16.8 Å². The summed E-state index contributed by atoms with van der Waals surface area (Å²) >= 11 is 0.